The number of rotatable bonds is 4. The van der Waals surface area contributed by atoms with Crippen LogP contribution in [0.2, 0.25) is 0 Å². The highest BCUT2D eigenvalue weighted by molar-refractivity contribution is 6.58. The summed E-state index contributed by atoms with van der Waals surface area (Å²) in [7, 11) is -1.42. The minimum absolute atomic E-state index is 0.461. The van der Waals surface area contributed by atoms with Crippen molar-refractivity contribution in [2.75, 3.05) is 6.61 Å². The second-order valence-electron chi connectivity index (χ2n) is 2.82. The predicted octanol–water partition coefficient (Wildman–Crippen LogP) is 0.321. The molecule has 1 aromatic carbocycles. The molecule has 0 aliphatic rings. The molecule has 0 bridgehead atoms. The zero-order valence-electron chi connectivity index (χ0n) is 8.05. The second kappa shape index (κ2) is 5.47. The zero-order chi connectivity index (χ0) is 10.4. The van der Waals surface area contributed by atoms with E-state index < -0.39 is 7.12 Å². The van der Waals surface area contributed by atoms with E-state index in [-0.39, 0.29) is 0 Å². The maximum atomic E-state index is 8.83. The molecule has 0 spiro atoms. The normalized spacial score (nSPS) is 10.5. The molecule has 0 aliphatic carbocycles. The lowest BCUT2D eigenvalue weighted by molar-refractivity contribution is 0.363. The second-order valence-corrected chi connectivity index (χ2v) is 2.82. The van der Waals surface area contributed by atoms with Gasteiger partial charge in [0.1, 0.15) is 12.4 Å². The fraction of sp³-hybridized carbons (Fsp3) is 0.200. The summed E-state index contributed by atoms with van der Waals surface area (Å²) in [4.78, 5) is 0. The van der Waals surface area contributed by atoms with Gasteiger partial charge in [0, 0.05) is 0 Å². The molecule has 3 nitrogen and oxygen atoms in total. The molecule has 0 saturated carbocycles. The number of ether oxygens (including phenoxy) is 1. The van der Waals surface area contributed by atoms with Crippen LogP contribution in [0, 0.1) is 0 Å². The third-order valence-corrected chi connectivity index (χ3v) is 1.76. The van der Waals surface area contributed by atoms with Crippen molar-refractivity contribution in [2.24, 2.45) is 0 Å². The summed E-state index contributed by atoms with van der Waals surface area (Å²) in [6, 6.07) is 6.65. The minimum atomic E-state index is -1.42. The van der Waals surface area contributed by atoms with Crippen LogP contribution < -0.4 is 10.2 Å². The highest BCUT2D eigenvalue weighted by atomic mass is 16.5. The van der Waals surface area contributed by atoms with Crippen LogP contribution in [0.3, 0.4) is 0 Å². The largest absolute Gasteiger partial charge is 0.490 e. The zero-order valence-corrected chi connectivity index (χ0v) is 8.05. The molecule has 4 heteroatoms. The van der Waals surface area contributed by atoms with E-state index in [4.69, 9.17) is 14.8 Å². The Bertz CT molecular complexity index is 293. The Labute approximate surface area is 83.8 Å². The third kappa shape index (κ3) is 3.24. The lowest BCUT2D eigenvalue weighted by atomic mass is 9.80. The molecule has 0 heterocycles. The van der Waals surface area contributed by atoms with Gasteiger partial charge in [-0.2, -0.15) is 0 Å². The molecule has 0 atom stereocenters. The van der Waals surface area contributed by atoms with Gasteiger partial charge in [-0.3, -0.25) is 0 Å². The van der Waals surface area contributed by atoms with E-state index in [1.807, 2.05) is 19.1 Å². The smallest absolute Gasteiger partial charge is 0.488 e. The van der Waals surface area contributed by atoms with Crippen LogP contribution in [0.4, 0.5) is 0 Å². The molecular formula is C10H13BO3. The van der Waals surface area contributed by atoms with Gasteiger partial charge in [0.2, 0.25) is 0 Å². The first kappa shape index (κ1) is 10.8. The lowest BCUT2D eigenvalue weighted by Gasteiger charge is -2.04. The molecule has 0 fully saturated rings. The van der Waals surface area contributed by atoms with Crippen molar-refractivity contribution in [2.45, 2.75) is 6.92 Å². The van der Waals surface area contributed by atoms with Gasteiger partial charge in [-0.25, -0.2) is 0 Å². The molecule has 1 aromatic rings. The SMILES string of the molecule is CC=CCOc1ccc(B(O)O)cc1. The van der Waals surface area contributed by atoms with Crippen LogP contribution in [-0.4, -0.2) is 23.8 Å². The Morgan fingerprint density at radius 3 is 2.43 bits per heavy atom. The van der Waals surface area contributed by atoms with Crippen LogP contribution in [0.1, 0.15) is 6.92 Å². The van der Waals surface area contributed by atoms with Gasteiger partial charge in [0.05, 0.1) is 0 Å². The van der Waals surface area contributed by atoms with E-state index in [0.29, 0.717) is 17.8 Å². The fourth-order valence-electron chi connectivity index (χ4n) is 0.977. The van der Waals surface area contributed by atoms with E-state index >= 15 is 0 Å². The highest BCUT2D eigenvalue weighted by Gasteiger charge is 2.09. The molecule has 0 amide bonds. The molecular weight excluding hydrogens is 179 g/mol. The first-order valence-electron chi connectivity index (χ1n) is 4.44. The molecule has 0 radical (unpaired) electrons. The Balaban J connectivity index is 2.55. The molecule has 0 aliphatic heterocycles. The Morgan fingerprint density at radius 2 is 1.93 bits per heavy atom. The summed E-state index contributed by atoms with van der Waals surface area (Å²) in [6.07, 6.45) is 3.81. The van der Waals surface area contributed by atoms with Gasteiger partial charge in [-0.15, -0.1) is 0 Å². The van der Waals surface area contributed by atoms with E-state index in [1.165, 1.54) is 0 Å². The van der Waals surface area contributed by atoms with Crippen molar-refractivity contribution in [3.63, 3.8) is 0 Å². The van der Waals surface area contributed by atoms with Crippen LogP contribution in [-0.2, 0) is 0 Å². The van der Waals surface area contributed by atoms with Crippen molar-refractivity contribution in [3.05, 3.63) is 36.4 Å². The van der Waals surface area contributed by atoms with E-state index in [9.17, 15) is 0 Å². The first-order chi connectivity index (χ1) is 6.74. The van der Waals surface area contributed by atoms with Crippen LogP contribution >= 0.6 is 0 Å². The third-order valence-electron chi connectivity index (χ3n) is 1.76. The molecule has 74 valence electrons. The first-order valence-corrected chi connectivity index (χ1v) is 4.44. The maximum absolute atomic E-state index is 8.83. The molecule has 0 saturated heterocycles. The number of allylic oxidation sites excluding steroid dienone is 1. The average Bonchev–Trinajstić information content (AvgIpc) is 2.19. The van der Waals surface area contributed by atoms with Gasteiger partial charge in [0.15, 0.2) is 0 Å². The topological polar surface area (TPSA) is 49.7 Å². The average molecular weight is 192 g/mol. The summed E-state index contributed by atoms with van der Waals surface area (Å²) in [5, 5.41) is 17.7. The Kier molecular flexibility index (Phi) is 4.23. The number of hydrogen-bond donors (Lipinski definition) is 2. The quantitative estimate of drug-likeness (QED) is 0.533. The highest BCUT2D eigenvalue weighted by Crippen LogP contribution is 2.07. The predicted molar refractivity (Wildman–Crippen MR) is 56.6 cm³/mol. The summed E-state index contributed by atoms with van der Waals surface area (Å²) >= 11 is 0. The lowest BCUT2D eigenvalue weighted by Crippen LogP contribution is -2.29. The Morgan fingerprint density at radius 1 is 1.29 bits per heavy atom. The van der Waals surface area contributed by atoms with Crippen LogP contribution in [0.5, 0.6) is 5.75 Å². The summed E-state index contributed by atoms with van der Waals surface area (Å²) < 4.78 is 5.33. The standard InChI is InChI=1S/C10H13BO3/c1-2-3-8-14-10-6-4-9(5-7-10)11(12)13/h2-7,12-13H,8H2,1H3. The summed E-state index contributed by atoms with van der Waals surface area (Å²) in [6.45, 7) is 2.45. The summed E-state index contributed by atoms with van der Waals surface area (Å²) in [5.74, 6) is 0.715. The van der Waals surface area contributed by atoms with Crippen molar-refractivity contribution in [1.82, 2.24) is 0 Å². The van der Waals surface area contributed by atoms with E-state index in [1.54, 1.807) is 24.3 Å². The minimum Gasteiger partial charge on any atom is -0.490 e. The van der Waals surface area contributed by atoms with Crippen molar-refractivity contribution in [3.8, 4) is 5.75 Å². The maximum Gasteiger partial charge on any atom is 0.488 e. The van der Waals surface area contributed by atoms with Crippen LogP contribution in [0.15, 0.2) is 36.4 Å². The van der Waals surface area contributed by atoms with Gasteiger partial charge in [-0.1, -0.05) is 24.3 Å². The molecule has 1 rings (SSSR count). The number of hydrogen-bond acceptors (Lipinski definition) is 3. The summed E-state index contributed by atoms with van der Waals surface area (Å²) in [5.41, 5.74) is 0.461. The molecule has 2 N–H and O–H groups in total. The van der Waals surface area contributed by atoms with E-state index in [2.05, 4.69) is 0 Å². The number of benzene rings is 1. The monoisotopic (exact) mass is 192 g/mol. The van der Waals surface area contributed by atoms with Gasteiger partial charge in [0.25, 0.3) is 0 Å². The van der Waals surface area contributed by atoms with E-state index in [0.717, 1.165) is 0 Å². The molecule has 14 heavy (non-hydrogen) atoms. The fourth-order valence-corrected chi connectivity index (χ4v) is 0.977. The van der Waals surface area contributed by atoms with Gasteiger partial charge < -0.3 is 14.8 Å². The molecule has 0 unspecified atom stereocenters. The van der Waals surface area contributed by atoms with Crippen molar-refractivity contribution < 1.29 is 14.8 Å². The van der Waals surface area contributed by atoms with Crippen molar-refractivity contribution >= 4 is 12.6 Å². The molecule has 0 aromatic heterocycles. The van der Waals surface area contributed by atoms with Crippen LogP contribution in [0.25, 0.3) is 0 Å². The Hall–Kier alpha value is -1.26. The van der Waals surface area contributed by atoms with Gasteiger partial charge in [-0.05, 0) is 24.5 Å². The van der Waals surface area contributed by atoms with Gasteiger partial charge >= 0.3 is 7.12 Å². The van der Waals surface area contributed by atoms with Crippen molar-refractivity contribution in [1.29, 1.82) is 0 Å².